The lowest BCUT2D eigenvalue weighted by Crippen LogP contribution is -2.33. The Morgan fingerprint density at radius 2 is 1.96 bits per heavy atom. The van der Waals surface area contributed by atoms with E-state index in [1.807, 2.05) is 0 Å². The van der Waals surface area contributed by atoms with Gasteiger partial charge in [0, 0.05) is 13.7 Å². The van der Waals surface area contributed by atoms with Gasteiger partial charge in [-0.25, -0.2) is 25.9 Å². The molecular formula is C15H22N2O6S2. The first kappa shape index (κ1) is 19.8. The minimum absolute atomic E-state index is 0.0238. The van der Waals surface area contributed by atoms with Gasteiger partial charge in [0.2, 0.25) is 26.0 Å². The van der Waals surface area contributed by atoms with Gasteiger partial charge in [-0.1, -0.05) is 0 Å². The van der Waals surface area contributed by atoms with Crippen molar-refractivity contribution in [2.45, 2.75) is 25.7 Å². The number of rotatable bonds is 6. The molecule has 0 saturated carbocycles. The van der Waals surface area contributed by atoms with Crippen LogP contribution in [0.2, 0.25) is 0 Å². The summed E-state index contributed by atoms with van der Waals surface area (Å²) in [4.78, 5) is 12.4. The molecule has 0 atom stereocenters. The van der Waals surface area contributed by atoms with Crippen LogP contribution in [0.1, 0.15) is 19.4 Å². The zero-order valence-corrected chi connectivity index (χ0v) is 16.2. The summed E-state index contributed by atoms with van der Waals surface area (Å²) in [5, 5.41) is 0. The number of benzene rings is 1. The van der Waals surface area contributed by atoms with Gasteiger partial charge in [-0.3, -0.25) is 4.79 Å². The Labute approximate surface area is 148 Å². The number of carbonyl (C=O) groups excluding carboxylic acids is 1. The van der Waals surface area contributed by atoms with E-state index in [0.717, 1.165) is 4.31 Å². The zero-order valence-electron chi connectivity index (χ0n) is 14.6. The SMILES string of the molecule is COCCNS(=O)(=O)c1ccc(N2C(=O)C(C)(C)CS2(=O)=O)cc1C. The molecule has 1 aromatic carbocycles. The summed E-state index contributed by atoms with van der Waals surface area (Å²) in [5.74, 6) is -0.808. The maximum atomic E-state index is 12.4. The predicted octanol–water partition coefficient (Wildman–Crippen LogP) is 0.622. The normalized spacial score (nSPS) is 19.4. The van der Waals surface area contributed by atoms with Crippen LogP contribution >= 0.6 is 0 Å². The van der Waals surface area contributed by atoms with Crippen molar-refractivity contribution in [3.63, 3.8) is 0 Å². The molecule has 0 aromatic heterocycles. The molecule has 25 heavy (non-hydrogen) atoms. The number of anilines is 1. The molecule has 140 valence electrons. The van der Waals surface area contributed by atoms with Gasteiger partial charge in [-0.15, -0.1) is 0 Å². The third-order valence-electron chi connectivity index (χ3n) is 3.87. The Morgan fingerprint density at radius 1 is 1.32 bits per heavy atom. The van der Waals surface area contributed by atoms with E-state index in [1.54, 1.807) is 20.8 Å². The van der Waals surface area contributed by atoms with Crippen molar-refractivity contribution in [2.75, 3.05) is 30.3 Å². The van der Waals surface area contributed by atoms with E-state index in [4.69, 9.17) is 4.74 Å². The fourth-order valence-electron chi connectivity index (χ4n) is 2.68. The molecule has 0 unspecified atom stereocenters. The van der Waals surface area contributed by atoms with Gasteiger partial charge in [0.25, 0.3) is 0 Å². The van der Waals surface area contributed by atoms with Gasteiger partial charge in [0.05, 0.1) is 28.4 Å². The highest BCUT2D eigenvalue weighted by Gasteiger charge is 2.50. The van der Waals surface area contributed by atoms with E-state index in [-0.39, 0.29) is 29.5 Å². The molecule has 1 N–H and O–H groups in total. The minimum atomic E-state index is -3.78. The number of sulfonamides is 2. The lowest BCUT2D eigenvalue weighted by molar-refractivity contribution is -0.123. The number of nitrogens with one attached hydrogen (secondary N) is 1. The van der Waals surface area contributed by atoms with Crippen molar-refractivity contribution in [2.24, 2.45) is 5.41 Å². The molecule has 0 aliphatic carbocycles. The van der Waals surface area contributed by atoms with Gasteiger partial charge in [-0.2, -0.15) is 0 Å². The second-order valence-corrected chi connectivity index (χ2v) is 10.1. The molecule has 1 amide bonds. The van der Waals surface area contributed by atoms with E-state index in [9.17, 15) is 21.6 Å². The highest BCUT2D eigenvalue weighted by Crippen LogP contribution is 2.36. The van der Waals surface area contributed by atoms with E-state index < -0.39 is 31.4 Å². The fourth-order valence-corrected chi connectivity index (χ4v) is 6.02. The summed E-state index contributed by atoms with van der Waals surface area (Å²) in [5.41, 5.74) is -0.529. The lowest BCUT2D eigenvalue weighted by atomic mass is 9.95. The number of aryl methyl sites for hydroxylation is 1. The summed E-state index contributed by atoms with van der Waals surface area (Å²) in [6.45, 7) is 5.03. The highest BCUT2D eigenvalue weighted by atomic mass is 32.2. The maximum absolute atomic E-state index is 12.4. The Bertz CT molecular complexity index is 891. The molecule has 1 aliphatic heterocycles. The van der Waals surface area contributed by atoms with Gasteiger partial charge in [0.1, 0.15) is 0 Å². The second-order valence-electron chi connectivity index (χ2n) is 6.55. The summed E-state index contributed by atoms with van der Waals surface area (Å²) in [7, 11) is -6.07. The number of carbonyl (C=O) groups is 1. The third kappa shape index (κ3) is 3.86. The quantitative estimate of drug-likeness (QED) is 0.713. The topological polar surface area (TPSA) is 110 Å². The molecule has 0 bridgehead atoms. The maximum Gasteiger partial charge on any atom is 0.247 e. The summed E-state index contributed by atoms with van der Waals surface area (Å²) >= 11 is 0. The summed E-state index contributed by atoms with van der Waals surface area (Å²) in [6.07, 6.45) is 0. The first-order valence-corrected chi connectivity index (χ1v) is 10.7. The number of hydrogen-bond donors (Lipinski definition) is 1. The Kier molecular flexibility index (Phi) is 5.29. The molecule has 0 spiro atoms. The van der Waals surface area contributed by atoms with Gasteiger partial charge in [-0.05, 0) is 44.5 Å². The van der Waals surface area contributed by atoms with Gasteiger partial charge in [0.15, 0.2) is 0 Å². The van der Waals surface area contributed by atoms with E-state index in [0.29, 0.717) is 5.56 Å². The highest BCUT2D eigenvalue weighted by molar-refractivity contribution is 7.94. The predicted molar refractivity (Wildman–Crippen MR) is 93.3 cm³/mol. The van der Waals surface area contributed by atoms with Crippen LogP contribution in [-0.2, 0) is 29.6 Å². The third-order valence-corrected chi connectivity index (χ3v) is 7.51. The molecule has 1 aromatic rings. The van der Waals surface area contributed by atoms with Gasteiger partial charge < -0.3 is 4.74 Å². The van der Waals surface area contributed by atoms with Crippen molar-refractivity contribution in [3.05, 3.63) is 23.8 Å². The van der Waals surface area contributed by atoms with Crippen molar-refractivity contribution in [3.8, 4) is 0 Å². The first-order chi connectivity index (χ1) is 11.4. The number of methoxy groups -OCH3 is 1. The average molecular weight is 390 g/mol. The number of amides is 1. The largest absolute Gasteiger partial charge is 0.383 e. The molecule has 1 fully saturated rings. The lowest BCUT2D eigenvalue weighted by Gasteiger charge is -2.19. The van der Waals surface area contributed by atoms with E-state index in [1.165, 1.54) is 25.3 Å². The summed E-state index contributed by atoms with van der Waals surface area (Å²) in [6, 6.07) is 4.02. The van der Waals surface area contributed by atoms with Crippen LogP contribution in [-0.4, -0.2) is 48.8 Å². The van der Waals surface area contributed by atoms with Crippen LogP contribution in [0, 0.1) is 12.3 Å². The molecule has 2 rings (SSSR count). The van der Waals surface area contributed by atoms with E-state index in [2.05, 4.69) is 4.72 Å². The molecule has 1 heterocycles. The first-order valence-electron chi connectivity index (χ1n) is 7.59. The fraction of sp³-hybridized carbons (Fsp3) is 0.533. The van der Waals surface area contributed by atoms with E-state index >= 15 is 0 Å². The smallest absolute Gasteiger partial charge is 0.247 e. The molecule has 0 radical (unpaired) electrons. The Hall–Kier alpha value is -1.49. The van der Waals surface area contributed by atoms with Crippen LogP contribution < -0.4 is 9.03 Å². The standard InChI is InChI=1S/C15H22N2O6S2/c1-11-9-12(17-14(18)15(2,3)10-24(17,19)20)5-6-13(11)25(21,22)16-7-8-23-4/h5-6,9,16H,7-8,10H2,1-4H3. The summed E-state index contributed by atoms with van der Waals surface area (Å²) < 4.78 is 57.2. The van der Waals surface area contributed by atoms with Crippen molar-refractivity contribution >= 4 is 31.6 Å². The molecule has 1 saturated heterocycles. The number of nitrogens with zero attached hydrogens (tertiary/aromatic N) is 1. The monoisotopic (exact) mass is 390 g/mol. The van der Waals surface area contributed by atoms with Crippen LogP contribution in [0.25, 0.3) is 0 Å². The zero-order chi connectivity index (χ0) is 19.0. The molecular weight excluding hydrogens is 368 g/mol. The van der Waals surface area contributed by atoms with Gasteiger partial charge >= 0.3 is 0 Å². The van der Waals surface area contributed by atoms with Crippen molar-refractivity contribution in [1.29, 1.82) is 0 Å². The van der Waals surface area contributed by atoms with Crippen LogP contribution in [0.15, 0.2) is 23.1 Å². The van der Waals surface area contributed by atoms with Crippen LogP contribution in [0.5, 0.6) is 0 Å². The second kappa shape index (κ2) is 6.67. The Morgan fingerprint density at radius 3 is 2.44 bits per heavy atom. The molecule has 10 heteroatoms. The Balaban J connectivity index is 2.39. The van der Waals surface area contributed by atoms with Crippen LogP contribution in [0.4, 0.5) is 5.69 Å². The van der Waals surface area contributed by atoms with Crippen molar-refractivity contribution < 1.29 is 26.4 Å². The average Bonchev–Trinajstić information content (AvgIpc) is 2.62. The molecule has 1 aliphatic rings. The number of hydrogen-bond acceptors (Lipinski definition) is 6. The molecule has 8 nitrogen and oxygen atoms in total. The number of ether oxygens (including phenoxy) is 1. The minimum Gasteiger partial charge on any atom is -0.383 e. The van der Waals surface area contributed by atoms with Crippen molar-refractivity contribution in [1.82, 2.24) is 4.72 Å². The van der Waals surface area contributed by atoms with Crippen LogP contribution in [0.3, 0.4) is 0 Å².